The first-order valence-electron chi connectivity index (χ1n) is 9.97. The van der Waals surface area contributed by atoms with Crippen molar-refractivity contribution in [3.8, 4) is 0 Å². The van der Waals surface area contributed by atoms with Gasteiger partial charge in [-0.25, -0.2) is 4.98 Å². The lowest BCUT2D eigenvalue weighted by molar-refractivity contribution is -0.154. The lowest BCUT2D eigenvalue weighted by Crippen LogP contribution is -2.62. The molecule has 1 atom stereocenters. The zero-order valence-corrected chi connectivity index (χ0v) is 15.8. The quantitative estimate of drug-likeness (QED) is 0.729. The number of oxazole rings is 1. The molecule has 1 unspecified atom stereocenters. The molecule has 1 spiro atoms. The highest BCUT2D eigenvalue weighted by Gasteiger charge is 2.47. The first-order chi connectivity index (χ1) is 13.4. The van der Waals surface area contributed by atoms with Crippen molar-refractivity contribution in [2.24, 2.45) is 5.92 Å². The number of ether oxygens (including phenoxy) is 1. The van der Waals surface area contributed by atoms with Gasteiger partial charge in [-0.1, -0.05) is 0 Å². The Kier molecular flexibility index (Phi) is 5.66. The zero-order valence-electron chi connectivity index (χ0n) is 15.8. The van der Waals surface area contributed by atoms with E-state index in [4.69, 9.17) is 9.15 Å². The normalized spacial score (nSPS) is 29.5. The summed E-state index contributed by atoms with van der Waals surface area (Å²) >= 11 is 0. The Labute approximate surface area is 162 Å². The Bertz CT molecular complexity index is 688. The molecule has 0 aromatic carbocycles. The summed E-state index contributed by atoms with van der Waals surface area (Å²) in [5.74, 6) is -0.252. The van der Waals surface area contributed by atoms with Gasteiger partial charge in [0.05, 0.1) is 30.9 Å². The summed E-state index contributed by atoms with van der Waals surface area (Å²) in [6.07, 6.45) is 2.97. The van der Waals surface area contributed by atoms with E-state index in [1.54, 1.807) is 0 Å². The molecule has 1 aromatic heterocycles. The molecule has 28 heavy (non-hydrogen) atoms. The molecule has 0 bridgehead atoms. The summed E-state index contributed by atoms with van der Waals surface area (Å²) in [4.78, 5) is 18.3. The van der Waals surface area contributed by atoms with Gasteiger partial charge in [-0.05, 0) is 38.0 Å². The second-order valence-corrected chi connectivity index (χ2v) is 8.37. The van der Waals surface area contributed by atoms with Gasteiger partial charge in [0.1, 0.15) is 6.26 Å². The van der Waals surface area contributed by atoms with Crippen LogP contribution in [0.4, 0.5) is 8.78 Å². The van der Waals surface area contributed by atoms with Crippen molar-refractivity contribution < 1.29 is 27.8 Å². The number of aliphatic hydroxyl groups excluding tert-OH is 1. The van der Waals surface area contributed by atoms with Gasteiger partial charge >= 0.3 is 6.43 Å². The number of nitrogens with zero attached hydrogens (tertiary/aromatic N) is 2. The number of rotatable bonds is 7. The first-order valence-corrected chi connectivity index (χ1v) is 9.97. The number of aromatic nitrogens is 1. The van der Waals surface area contributed by atoms with Gasteiger partial charge in [0.2, 0.25) is 5.91 Å². The summed E-state index contributed by atoms with van der Waals surface area (Å²) < 4.78 is 36.3. The molecule has 1 aromatic rings. The van der Waals surface area contributed by atoms with Crippen molar-refractivity contribution >= 4 is 5.91 Å². The minimum absolute atomic E-state index is 0.0580. The van der Waals surface area contributed by atoms with E-state index in [1.807, 2.05) is 0 Å². The fourth-order valence-corrected chi connectivity index (χ4v) is 4.35. The van der Waals surface area contributed by atoms with Gasteiger partial charge in [0, 0.05) is 25.2 Å². The molecule has 2 N–H and O–H groups in total. The third-order valence-corrected chi connectivity index (χ3v) is 6.29. The molecule has 2 aliphatic carbocycles. The van der Waals surface area contributed by atoms with Crippen LogP contribution in [0.1, 0.15) is 56.5 Å². The second-order valence-electron chi connectivity index (χ2n) is 8.37. The Morgan fingerprint density at radius 1 is 1.43 bits per heavy atom. The highest BCUT2D eigenvalue weighted by molar-refractivity contribution is 5.76. The predicted octanol–water partition coefficient (Wildman–Crippen LogP) is 2.01. The molecule has 2 saturated carbocycles. The summed E-state index contributed by atoms with van der Waals surface area (Å²) in [5.41, 5.74) is 0.397. The van der Waals surface area contributed by atoms with Crippen LogP contribution in [0.15, 0.2) is 10.7 Å². The molecule has 3 fully saturated rings. The first kappa shape index (κ1) is 19.7. The van der Waals surface area contributed by atoms with Gasteiger partial charge in [-0.15, -0.1) is 0 Å². The monoisotopic (exact) mass is 399 g/mol. The number of amides is 1. The summed E-state index contributed by atoms with van der Waals surface area (Å²) in [6.45, 7) is 2.11. The zero-order chi connectivity index (χ0) is 19.7. The van der Waals surface area contributed by atoms with Crippen molar-refractivity contribution in [1.29, 1.82) is 0 Å². The molecule has 7 nitrogen and oxygen atoms in total. The maximum absolute atomic E-state index is 12.7. The third kappa shape index (κ3) is 4.21. The van der Waals surface area contributed by atoms with E-state index in [1.165, 1.54) is 6.26 Å². The summed E-state index contributed by atoms with van der Waals surface area (Å²) in [6, 6.07) is 0. The van der Waals surface area contributed by atoms with Gasteiger partial charge < -0.3 is 19.6 Å². The Morgan fingerprint density at radius 2 is 2.21 bits per heavy atom. The molecule has 1 aliphatic heterocycles. The Hall–Kier alpha value is -1.58. The third-order valence-electron chi connectivity index (χ3n) is 6.29. The summed E-state index contributed by atoms with van der Waals surface area (Å²) in [5, 5.41) is 12.2. The molecular weight excluding hydrogens is 372 g/mol. The molecule has 2 heterocycles. The lowest BCUT2D eigenvalue weighted by atomic mass is 9.74. The SMILES string of the molecule is O=C(CC1CN(Cc2coc(C(F)F)n2)C2(CCC2)CO1)NCC1CC(O)C1. The largest absolute Gasteiger partial charge is 0.444 e. The summed E-state index contributed by atoms with van der Waals surface area (Å²) in [7, 11) is 0. The highest BCUT2D eigenvalue weighted by Crippen LogP contribution is 2.41. The minimum atomic E-state index is -2.72. The topological polar surface area (TPSA) is 87.8 Å². The van der Waals surface area contributed by atoms with E-state index in [0.29, 0.717) is 37.9 Å². The number of carbonyl (C=O) groups excluding carboxylic acids is 1. The van der Waals surface area contributed by atoms with Gasteiger partial charge in [-0.2, -0.15) is 8.78 Å². The predicted molar refractivity (Wildman–Crippen MR) is 94.5 cm³/mol. The van der Waals surface area contributed by atoms with Crippen LogP contribution in [-0.4, -0.2) is 58.3 Å². The van der Waals surface area contributed by atoms with E-state index in [9.17, 15) is 18.7 Å². The molecule has 1 saturated heterocycles. The second kappa shape index (κ2) is 8.04. The van der Waals surface area contributed by atoms with Crippen molar-refractivity contribution in [2.75, 3.05) is 19.7 Å². The number of hydrogen-bond donors (Lipinski definition) is 2. The van der Waals surface area contributed by atoms with Crippen molar-refractivity contribution in [1.82, 2.24) is 15.2 Å². The van der Waals surface area contributed by atoms with Crippen molar-refractivity contribution in [2.45, 2.75) is 69.2 Å². The molecule has 4 rings (SSSR count). The van der Waals surface area contributed by atoms with E-state index in [2.05, 4.69) is 15.2 Å². The molecule has 9 heteroatoms. The number of halogens is 2. The fraction of sp³-hybridized carbons (Fsp3) is 0.789. The fourth-order valence-electron chi connectivity index (χ4n) is 4.35. The van der Waals surface area contributed by atoms with Crippen molar-refractivity contribution in [3.05, 3.63) is 17.8 Å². The number of aliphatic hydroxyl groups is 1. The molecular formula is C19H27F2N3O4. The van der Waals surface area contributed by atoms with Crippen LogP contribution in [0.5, 0.6) is 0 Å². The van der Waals surface area contributed by atoms with E-state index in [0.717, 1.165) is 32.1 Å². The number of alkyl halides is 2. The van der Waals surface area contributed by atoms with E-state index < -0.39 is 12.3 Å². The Morgan fingerprint density at radius 3 is 2.82 bits per heavy atom. The maximum Gasteiger partial charge on any atom is 0.313 e. The molecule has 156 valence electrons. The van der Waals surface area contributed by atoms with Crippen molar-refractivity contribution in [3.63, 3.8) is 0 Å². The van der Waals surface area contributed by atoms with Gasteiger partial charge in [0.25, 0.3) is 5.89 Å². The molecule has 3 aliphatic rings. The van der Waals surface area contributed by atoms with Gasteiger partial charge in [-0.3, -0.25) is 9.69 Å². The van der Waals surface area contributed by atoms with Crippen LogP contribution in [0.25, 0.3) is 0 Å². The average Bonchev–Trinajstić information content (AvgIpc) is 3.05. The van der Waals surface area contributed by atoms with Crippen LogP contribution in [0.3, 0.4) is 0 Å². The smallest absolute Gasteiger partial charge is 0.313 e. The van der Waals surface area contributed by atoms with Crippen LogP contribution in [-0.2, 0) is 16.1 Å². The Balaban J connectivity index is 1.31. The lowest BCUT2D eigenvalue weighted by Gasteiger charge is -2.54. The minimum Gasteiger partial charge on any atom is -0.444 e. The standard InChI is InChI=1S/C19H27F2N3O4/c20-17(21)18-23-13(10-27-18)8-24-9-15(28-11-19(24)2-1-3-19)6-16(26)22-7-12-4-14(25)5-12/h10,12,14-15,17,25H,1-9,11H2,(H,22,26). The number of morpholine rings is 1. The molecule has 1 amide bonds. The van der Waals surface area contributed by atoms with E-state index in [-0.39, 0.29) is 30.1 Å². The van der Waals surface area contributed by atoms with Crippen LogP contribution in [0, 0.1) is 5.92 Å². The number of carbonyl (C=O) groups is 1. The van der Waals surface area contributed by atoms with Crippen LogP contribution >= 0.6 is 0 Å². The van der Waals surface area contributed by atoms with Gasteiger partial charge in [0.15, 0.2) is 0 Å². The molecule has 0 radical (unpaired) electrons. The maximum atomic E-state index is 12.7. The number of nitrogens with one attached hydrogen (secondary N) is 1. The average molecular weight is 399 g/mol. The van der Waals surface area contributed by atoms with E-state index >= 15 is 0 Å². The number of hydrogen-bond acceptors (Lipinski definition) is 6. The van der Waals surface area contributed by atoms with Crippen LogP contribution < -0.4 is 5.32 Å². The van der Waals surface area contributed by atoms with Crippen LogP contribution in [0.2, 0.25) is 0 Å². The highest BCUT2D eigenvalue weighted by atomic mass is 19.3.